The highest BCUT2D eigenvalue weighted by atomic mass is 35.5. The Kier molecular flexibility index (Phi) is 5.72. The van der Waals surface area contributed by atoms with Crippen LogP contribution < -0.4 is 4.74 Å². The van der Waals surface area contributed by atoms with Crippen molar-refractivity contribution in [3.63, 3.8) is 0 Å². The molecule has 1 aromatic carbocycles. The third-order valence-corrected chi connectivity index (χ3v) is 4.68. The van der Waals surface area contributed by atoms with E-state index < -0.39 is 6.10 Å². The van der Waals surface area contributed by atoms with E-state index in [1.165, 1.54) is 23.1 Å². The summed E-state index contributed by atoms with van der Waals surface area (Å²) in [6.45, 7) is 0.120. The van der Waals surface area contributed by atoms with Crippen molar-refractivity contribution < 1.29 is 9.84 Å². The van der Waals surface area contributed by atoms with Crippen LogP contribution in [0.25, 0.3) is 0 Å². The Bertz CT molecular complexity index is 505. The molecule has 4 nitrogen and oxygen atoms in total. The van der Waals surface area contributed by atoms with Gasteiger partial charge in [0, 0.05) is 5.75 Å². The van der Waals surface area contributed by atoms with Gasteiger partial charge in [0.05, 0.1) is 16.1 Å². The number of nitrogens with zero attached hydrogens (tertiary/aromatic N) is 2. The molecule has 0 bridgehead atoms. The third kappa shape index (κ3) is 4.50. The normalized spacial score (nSPS) is 12.4. The topological polar surface area (TPSA) is 55.2 Å². The van der Waals surface area contributed by atoms with Gasteiger partial charge in [-0.3, -0.25) is 0 Å². The number of para-hydroxylation sites is 1. The first-order valence-corrected chi connectivity index (χ1v) is 7.93. The van der Waals surface area contributed by atoms with Gasteiger partial charge in [-0.1, -0.05) is 52.4 Å². The zero-order chi connectivity index (χ0) is 13.7. The quantitative estimate of drug-likeness (QED) is 0.819. The second-order valence-corrected chi connectivity index (χ2v) is 6.45. The van der Waals surface area contributed by atoms with E-state index in [-0.39, 0.29) is 6.61 Å². The van der Waals surface area contributed by atoms with Crippen LogP contribution in [0.15, 0.2) is 28.0 Å². The number of halogens is 2. The van der Waals surface area contributed by atoms with Gasteiger partial charge in [0.1, 0.15) is 12.1 Å². The lowest BCUT2D eigenvalue weighted by Gasteiger charge is -2.13. The molecule has 1 atom stereocenters. The lowest BCUT2D eigenvalue weighted by Crippen LogP contribution is -2.20. The summed E-state index contributed by atoms with van der Waals surface area (Å²) in [4.78, 5) is 0. The van der Waals surface area contributed by atoms with Gasteiger partial charge in [0.25, 0.3) is 0 Å². The van der Waals surface area contributed by atoms with E-state index in [0.29, 0.717) is 21.5 Å². The lowest BCUT2D eigenvalue weighted by atomic mass is 10.3. The summed E-state index contributed by atoms with van der Waals surface area (Å²) in [5.41, 5.74) is 1.65. The summed E-state index contributed by atoms with van der Waals surface area (Å²) in [6.07, 6.45) is -0.638. The van der Waals surface area contributed by atoms with Crippen molar-refractivity contribution in [2.45, 2.75) is 10.4 Å². The van der Waals surface area contributed by atoms with E-state index in [0.717, 1.165) is 4.34 Å². The minimum absolute atomic E-state index is 0.120. The maximum atomic E-state index is 9.82. The van der Waals surface area contributed by atoms with Crippen LogP contribution in [0.4, 0.5) is 0 Å². The molecule has 19 heavy (non-hydrogen) atoms. The number of aromatic nitrogens is 2. The summed E-state index contributed by atoms with van der Waals surface area (Å²) in [5.74, 6) is 0.864. The minimum atomic E-state index is -0.638. The van der Waals surface area contributed by atoms with Crippen molar-refractivity contribution in [1.82, 2.24) is 10.2 Å². The maximum absolute atomic E-state index is 9.82. The van der Waals surface area contributed by atoms with Crippen molar-refractivity contribution in [3.8, 4) is 5.75 Å². The monoisotopic (exact) mass is 336 g/mol. The van der Waals surface area contributed by atoms with Crippen LogP contribution in [0.1, 0.15) is 0 Å². The second kappa shape index (κ2) is 7.31. The number of ether oxygens (including phenoxy) is 1. The molecule has 0 aliphatic rings. The average molecular weight is 337 g/mol. The Balaban J connectivity index is 1.81. The van der Waals surface area contributed by atoms with Gasteiger partial charge in [-0.25, -0.2) is 0 Å². The number of rotatable bonds is 6. The lowest BCUT2D eigenvalue weighted by molar-refractivity contribution is 0.126. The van der Waals surface area contributed by atoms with Crippen molar-refractivity contribution in [2.24, 2.45) is 0 Å². The zero-order valence-electron chi connectivity index (χ0n) is 9.62. The smallest absolute Gasteiger partial charge is 0.174 e. The molecule has 0 aliphatic heterocycles. The van der Waals surface area contributed by atoms with Gasteiger partial charge in [-0.05, 0) is 12.1 Å². The van der Waals surface area contributed by atoms with Gasteiger partial charge < -0.3 is 9.84 Å². The summed E-state index contributed by atoms with van der Waals surface area (Å²) in [6, 6.07) is 5.11. The fraction of sp³-hybridized carbons (Fsp3) is 0.273. The molecule has 8 heteroatoms. The number of hydrogen-bond acceptors (Lipinski definition) is 6. The van der Waals surface area contributed by atoms with Crippen molar-refractivity contribution in [3.05, 3.63) is 33.8 Å². The van der Waals surface area contributed by atoms with E-state index in [4.69, 9.17) is 27.9 Å². The summed E-state index contributed by atoms with van der Waals surface area (Å²) < 4.78 is 6.25. The van der Waals surface area contributed by atoms with Crippen LogP contribution >= 0.6 is 46.3 Å². The van der Waals surface area contributed by atoms with Gasteiger partial charge in [0.2, 0.25) is 0 Å². The predicted octanol–water partition coefficient (Wildman–Crippen LogP) is 3.38. The number of hydrogen-bond donors (Lipinski definition) is 1. The minimum Gasteiger partial charge on any atom is -0.488 e. The van der Waals surface area contributed by atoms with Gasteiger partial charge in [0.15, 0.2) is 10.1 Å². The molecule has 102 valence electrons. The molecule has 0 aliphatic carbocycles. The van der Waals surface area contributed by atoms with Crippen LogP contribution in [0.5, 0.6) is 5.75 Å². The van der Waals surface area contributed by atoms with Gasteiger partial charge >= 0.3 is 0 Å². The van der Waals surface area contributed by atoms with E-state index in [1.54, 1.807) is 23.7 Å². The van der Waals surface area contributed by atoms with Crippen LogP contribution in [-0.2, 0) is 0 Å². The van der Waals surface area contributed by atoms with Gasteiger partial charge in [-0.2, -0.15) is 0 Å². The molecule has 1 heterocycles. The molecule has 2 aromatic rings. The third-order valence-electron chi connectivity index (χ3n) is 2.08. The molecule has 0 spiro atoms. The summed E-state index contributed by atoms with van der Waals surface area (Å²) in [5, 5.41) is 18.3. The second-order valence-electron chi connectivity index (χ2n) is 3.53. The van der Waals surface area contributed by atoms with E-state index in [2.05, 4.69) is 10.2 Å². The van der Waals surface area contributed by atoms with Crippen LogP contribution in [0.2, 0.25) is 10.0 Å². The molecule has 0 saturated carbocycles. The first-order chi connectivity index (χ1) is 9.16. The molecule has 0 saturated heterocycles. The van der Waals surface area contributed by atoms with E-state index in [1.807, 2.05) is 0 Å². The molecule has 0 radical (unpaired) electrons. The zero-order valence-corrected chi connectivity index (χ0v) is 12.8. The number of thioether (sulfide) groups is 1. The number of aliphatic hydroxyl groups is 1. The molecule has 0 amide bonds. The highest BCUT2D eigenvalue weighted by Gasteiger charge is 2.11. The molecule has 2 rings (SSSR count). The highest BCUT2D eigenvalue weighted by molar-refractivity contribution is 8.01. The number of benzene rings is 1. The first kappa shape index (κ1) is 14.9. The van der Waals surface area contributed by atoms with Crippen LogP contribution in [0, 0.1) is 0 Å². The molecule has 0 fully saturated rings. The van der Waals surface area contributed by atoms with Crippen LogP contribution in [-0.4, -0.2) is 33.8 Å². The number of aliphatic hydroxyl groups excluding tert-OH is 1. The van der Waals surface area contributed by atoms with E-state index >= 15 is 0 Å². The van der Waals surface area contributed by atoms with E-state index in [9.17, 15) is 5.11 Å². The van der Waals surface area contributed by atoms with Crippen molar-refractivity contribution >= 4 is 46.3 Å². The standard InChI is InChI=1S/C11H10Cl2N2O2S2/c12-8-2-1-3-9(13)10(8)17-4-7(16)5-18-11-15-14-6-19-11/h1-3,6-7,16H,4-5H2. The fourth-order valence-electron chi connectivity index (χ4n) is 1.24. The summed E-state index contributed by atoms with van der Waals surface area (Å²) in [7, 11) is 0. The molecular formula is C11H10Cl2N2O2S2. The van der Waals surface area contributed by atoms with Crippen molar-refractivity contribution in [1.29, 1.82) is 0 Å². The Morgan fingerprint density at radius 2 is 2.11 bits per heavy atom. The Labute approximate surface area is 128 Å². The predicted molar refractivity (Wildman–Crippen MR) is 78.6 cm³/mol. The Hall–Kier alpha value is -0.530. The highest BCUT2D eigenvalue weighted by Crippen LogP contribution is 2.32. The summed E-state index contributed by atoms with van der Waals surface area (Å²) >= 11 is 14.8. The molecule has 1 N–H and O–H groups in total. The molecule has 1 aromatic heterocycles. The maximum Gasteiger partial charge on any atom is 0.174 e. The Morgan fingerprint density at radius 1 is 1.37 bits per heavy atom. The van der Waals surface area contributed by atoms with Crippen molar-refractivity contribution in [2.75, 3.05) is 12.4 Å². The first-order valence-electron chi connectivity index (χ1n) is 5.30. The SMILES string of the molecule is OC(COc1c(Cl)cccc1Cl)CSc1nncs1. The Morgan fingerprint density at radius 3 is 2.74 bits per heavy atom. The van der Waals surface area contributed by atoms with Crippen LogP contribution in [0.3, 0.4) is 0 Å². The molecular weight excluding hydrogens is 327 g/mol. The van der Waals surface area contributed by atoms with Gasteiger partial charge in [-0.15, -0.1) is 10.2 Å². The fourth-order valence-corrected chi connectivity index (χ4v) is 3.17. The molecule has 1 unspecified atom stereocenters. The average Bonchev–Trinajstić information content (AvgIpc) is 2.89. The largest absolute Gasteiger partial charge is 0.488 e.